The van der Waals surface area contributed by atoms with Gasteiger partial charge in [-0.25, -0.2) is 22.0 Å². The summed E-state index contributed by atoms with van der Waals surface area (Å²) in [5.74, 6) is -1.89. The third kappa shape index (κ3) is 5.82. The van der Waals surface area contributed by atoms with E-state index in [1.165, 1.54) is 6.92 Å². The van der Waals surface area contributed by atoms with Crippen LogP contribution in [0.25, 0.3) is 5.57 Å². The van der Waals surface area contributed by atoms with Gasteiger partial charge in [0.2, 0.25) is 10.0 Å². The lowest BCUT2D eigenvalue weighted by Gasteiger charge is -2.20. The molecule has 1 aromatic heterocycles. The van der Waals surface area contributed by atoms with Crippen LogP contribution >= 0.6 is 0 Å². The molecule has 1 amide bonds. The summed E-state index contributed by atoms with van der Waals surface area (Å²) in [6.07, 6.45) is 3.45. The molecule has 1 atom stereocenters. The van der Waals surface area contributed by atoms with Crippen molar-refractivity contribution < 1.29 is 35.9 Å². The molecule has 0 aliphatic heterocycles. The molecule has 0 saturated heterocycles. The maximum absolute atomic E-state index is 14.2. The second-order valence-electron chi connectivity index (χ2n) is 8.28. The molecule has 9 nitrogen and oxygen atoms in total. The number of fused-ring (bicyclic) bond motifs is 1. The van der Waals surface area contributed by atoms with Gasteiger partial charge in [-0.1, -0.05) is 18.7 Å². The van der Waals surface area contributed by atoms with Crippen molar-refractivity contribution in [1.29, 1.82) is 0 Å². The Morgan fingerprint density at radius 2 is 1.94 bits per heavy atom. The van der Waals surface area contributed by atoms with Gasteiger partial charge in [0.05, 0.1) is 12.3 Å². The van der Waals surface area contributed by atoms with Gasteiger partial charge in [-0.05, 0) is 61.1 Å². The van der Waals surface area contributed by atoms with Crippen molar-refractivity contribution in [2.45, 2.75) is 32.2 Å². The molecule has 0 radical (unpaired) electrons. The molecule has 0 spiro atoms. The number of hydrogen-bond acceptors (Lipinski definition) is 7. The average Bonchev–Trinajstić information content (AvgIpc) is 3.22. The summed E-state index contributed by atoms with van der Waals surface area (Å²) in [4.78, 5) is 16.3. The van der Waals surface area contributed by atoms with Crippen LogP contribution in [-0.4, -0.2) is 25.8 Å². The highest BCUT2D eigenvalue weighted by atomic mass is 32.2. The van der Waals surface area contributed by atoms with Crippen LogP contribution < -0.4 is 19.5 Å². The lowest BCUT2D eigenvalue weighted by molar-refractivity contribution is 0.195. The van der Waals surface area contributed by atoms with Crippen molar-refractivity contribution in [3.63, 3.8) is 0 Å². The summed E-state index contributed by atoms with van der Waals surface area (Å²) < 4.78 is 68.9. The van der Waals surface area contributed by atoms with Crippen molar-refractivity contribution in [3.8, 4) is 17.7 Å². The van der Waals surface area contributed by atoms with Gasteiger partial charge in [0.15, 0.2) is 17.9 Å². The minimum atomic E-state index is -3.88. The van der Waals surface area contributed by atoms with Crippen LogP contribution in [0, 0.1) is 11.6 Å². The highest BCUT2D eigenvalue weighted by Gasteiger charge is 2.21. The third-order valence-corrected chi connectivity index (χ3v) is 6.04. The second kappa shape index (κ2) is 9.97. The van der Waals surface area contributed by atoms with Crippen LogP contribution in [0.15, 0.2) is 47.6 Å². The van der Waals surface area contributed by atoms with Gasteiger partial charge in [-0.3, -0.25) is 4.72 Å². The largest absolute Gasteiger partial charge is 0.414 e. The van der Waals surface area contributed by atoms with Crippen molar-refractivity contribution >= 4 is 27.4 Å². The van der Waals surface area contributed by atoms with E-state index in [0.29, 0.717) is 5.75 Å². The van der Waals surface area contributed by atoms with E-state index in [-0.39, 0.29) is 17.5 Å². The van der Waals surface area contributed by atoms with Gasteiger partial charge in [0, 0.05) is 5.56 Å². The number of benzene rings is 2. The van der Waals surface area contributed by atoms with Crippen LogP contribution in [0.5, 0.6) is 17.7 Å². The fraction of sp³-hybridized carbons (Fsp3) is 0.250. The van der Waals surface area contributed by atoms with E-state index in [0.717, 1.165) is 60.6 Å². The SMILES string of the molecule is C=C1CCCc2c(Oc3nc(OC(=O)NC(C)c4cc(F)c(NS(C)(=O)=O)c(F)c4)co3)cccc21. The van der Waals surface area contributed by atoms with Crippen LogP contribution in [0.3, 0.4) is 0 Å². The molecule has 36 heavy (non-hydrogen) atoms. The molecule has 0 fully saturated rings. The molecule has 1 unspecified atom stereocenters. The fourth-order valence-electron chi connectivity index (χ4n) is 3.81. The van der Waals surface area contributed by atoms with Crippen LogP contribution in [0.4, 0.5) is 19.3 Å². The summed E-state index contributed by atoms with van der Waals surface area (Å²) in [6.45, 7) is 5.55. The summed E-state index contributed by atoms with van der Waals surface area (Å²) in [7, 11) is -3.88. The molecule has 4 rings (SSSR count). The van der Waals surface area contributed by atoms with Crippen LogP contribution in [-0.2, 0) is 16.4 Å². The Morgan fingerprint density at radius 1 is 1.22 bits per heavy atom. The molecule has 1 aliphatic carbocycles. The van der Waals surface area contributed by atoms with Crippen LogP contribution in [0.2, 0.25) is 0 Å². The molecule has 1 heterocycles. The quantitative estimate of drug-likeness (QED) is 0.434. The van der Waals surface area contributed by atoms with Gasteiger partial charge < -0.3 is 19.2 Å². The van der Waals surface area contributed by atoms with E-state index in [2.05, 4.69) is 16.9 Å². The average molecular weight is 520 g/mol. The lowest BCUT2D eigenvalue weighted by Crippen LogP contribution is -2.29. The first-order valence-corrected chi connectivity index (χ1v) is 12.8. The van der Waals surface area contributed by atoms with Crippen molar-refractivity contribution in [3.05, 3.63) is 71.5 Å². The maximum Gasteiger partial charge on any atom is 0.414 e. The van der Waals surface area contributed by atoms with Gasteiger partial charge in [0.1, 0.15) is 11.4 Å². The Labute approximate surface area is 206 Å². The number of anilines is 1. The first-order valence-electron chi connectivity index (χ1n) is 10.9. The molecule has 2 N–H and O–H groups in total. The Morgan fingerprint density at radius 3 is 2.64 bits per heavy atom. The highest BCUT2D eigenvalue weighted by molar-refractivity contribution is 7.92. The smallest absolute Gasteiger partial charge is 0.413 e. The topological polar surface area (TPSA) is 120 Å². The minimum Gasteiger partial charge on any atom is -0.413 e. The number of halogens is 2. The number of sulfonamides is 1. The first-order chi connectivity index (χ1) is 17.0. The van der Waals surface area contributed by atoms with E-state index in [1.807, 2.05) is 12.1 Å². The molecule has 0 bridgehead atoms. The van der Waals surface area contributed by atoms with Crippen molar-refractivity contribution in [1.82, 2.24) is 10.3 Å². The van der Waals surface area contributed by atoms with E-state index in [4.69, 9.17) is 13.9 Å². The standard InChI is InChI=1S/C24H23F2N3O6S/c1-13-6-4-8-17-16(13)7-5-9-20(17)34-24-28-21(12-33-24)35-23(30)27-14(2)15-10-18(25)22(19(26)11-15)29-36(3,31)32/h5,7,9-12,14,29H,1,4,6,8H2,2-3H3,(H,27,30). The molecule has 2 aromatic carbocycles. The van der Waals surface area contributed by atoms with E-state index in [9.17, 15) is 22.0 Å². The Hall–Kier alpha value is -3.93. The zero-order valence-corrected chi connectivity index (χ0v) is 20.2. The summed E-state index contributed by atoms with van der Waals surface area (Å²) >= 11 is 0. The predicted octanol–water partition coefficient (Wildman–Crippen LogP) is 5.32. The number of nitrogens with one attached hydrogen (secondary N) is 2. The maximum atomic E-state index is 14.2. The summed E-state index contributed by atoms with van der Waals surface area (Å²) in [5.41, 5.74) is 2.29. The molecule has 12 heteroatoms. The molecule has 190 valence electrons. The predicted molar refractivity (Wildman–Crippen MR) is 127 cm³/mol. The van der Waals surface area contributed by atoms with Gasteiger partial charge in [0.25, 0.3) is 5.88 Å². The monoisotopic (exact) mass is 519 g/mol. The molecular weight excluding hydrogens is 496 g/mol. The number of rotatable bonds is 7. The zero-order chi connectivity index (χ0) is 26.0. The number of allylic oxidation sites excluding steroid dienone is 1. The highest BCUT2D eigenvalue weighted by Crippen LogP contribution is 2.37. The number of carbonyl (C=O) groups is 1. The summed E-state index contributed by atoms with van der Waals surface area (Å²) in [5, 5.41) is 2.41. The van der Waals surface area contributed by atoms with E-state index in [1.54, 1.807) is 10.8 Å². The van der Waals surface area contributed by atoms with Gasteiger partial charge in [-0.15, -0.1) is 4.98 Å². The third-order valence-electron chi connectivity index (χ3n) is 5.46. The number of carbonyl (C=O) groups excluding carboxylic acids is 1. The Kier molecular flexibility index (Phi) is 6.97. The summed E-state index contributed by atoms with van der Waals surface area (Å²) in [6, 6.07) is 6.52. The zero-order valence-electron chi connectivity index (χ0n) is 19.4. The number of nitrogens with zero attached hydrogens (tertiary/aromatic N) is 1. The molecular formula is C24H23F2N3O6S. The lowest BCUT2D eigenvalue weighted by atomic mass is 9.88. The van der Waals surface area contributed by atoms with Gasteiger partial charge >= 0.3 is 12.2 Å². The normalized spacial score (nSPS) is 14.1. The van der Waals surface area contributed by atoms with Crippen molar-refractivity contribution in [2.24, 2.45) is 0 Å². The Bertz CT molecular complexity index is 1410. The number of aromatic nitrogens is 1. The number of amides is 1. The van der Waals surface area contributed by atoms with Crippen molar-refractivity contribution in [2.75, 3.05) is 11.0 Å². The van der Waals surface area contributed by atoms with E-state index < -0.39 is 39.5 Å². The molecule has 0 saturated carbocycles. The van der Waals surface area contributed by atoms with Gasteiger partial charge in [-0.2, -0.15) is 0 Å². The number of oxazole rings is 1. The molecule has 1 aliphatic rings. The Balaban J connectivity index is 1.39. The fourth-order valence-corrected chi connectivity index (χ4v) is 4.37. The minimum absolute atomic E-state index is 0.0422. The number of ether oxygens (including phenoxy) is 2. The molecule has 3 aromatic rings. The van der Waals surface area contributed by atoms with E-state index >= 15 is 0 Å². The van der Waals surface area contributed by atoms with Crippen LogP contribution in [0.1, 0.15) is 42.5 Å². The number of hydrogen-bond donors (Lipinski definition) is 2. The second-order valence-corrected chi connectivity index (χ2v) is 10.0. The first kappa shape index (κ1) is 25.2.